The molecule has 0 saturated heterocycles. The molecule has 0 atom stereocenters. The van der Waals surface area contributed by atoms with Crippen molar-refractivity contribution in [1.29, 1.82) is 0 Å². The number of sulfone groups is 1. The molecule has 4 nitrogen and oxygen atoms in total. The summed E-state index contributed by atoms with van der Waals surface area (Å²) in [7, 11) is -3.36. The van der Waals surface area contributed by atoms with Crippen LogP contribution >= 0.6 is 0 Å². The Labute approximate surface area is 88.5 Å². The number of rotatable bonds is 4. The molecule has 15 heavy (non-hydrogen) atoms. The molecule has 82 valence electrons. The summed E-state index contributed by atoms with van der Waals surface area (Å²) in [5.41, 5.74) is 0.312. The number of benzene rings is 1. The fourth-order valence-corrected chi connectivity index (χ4v) is 2.34. The molecular formula is C10H12O4S. The fourth-order valence-electron chi connectivity index (χ4n) is 1.36. The highest BCUT2D eigenvalue weighted by Gasteiger charge is 2.15. The van der Waals surface area contributed by atoms with Crippen LogP contribution in [0, 0.1) is 0 Å². The van der Waals surface area contributed by atoms with Gasteiger partial charge in [0.05, 0.1) is 4.90 Å². The first-order valence-electron chi connectivity index (χ1n) is 4.41. The van der Waals surface area contributed by atoms with Gasteiger partial charge in [-0.2, -0.15) is 0 Å². The van der Waals surface area contributed by atoms with Crippen molar-refractivity contribution in [2.45, 2.75) is 17.7 Å². The Kier molecular flexibility index (Phi) is 3.47. The SMILES string of the molecule is CS(=O)(=O)c1cccc(O)c1CCC=O. The van der Waals surface area contributed by atoms with E-state index in [4.69, 9.17) is 0 Å². The lowest BCUT2D eigenvalue weighted by Crippen LogP contribution is -2.03. The molecular weight excluding hydrogens is 216 g/mol. The van der Waals surface area contributed by atoms with Gasteiger partial charge in [0.15, 0.2) is 9.84 Å². The number of carbonyl (C=O) groups excluding carboxylic acids is 1. The number of carbonyl (C=O) groups is 1. The average molecular weight is 228 g/mol. The summed E-state index contributed by atoms with van der Waals surface area (Å²) in [6.07, 6.45) is 2.20. The second-order valence-electron chi connectivity index (χ2n) is 3.23. The molecule has 0 radical (unpaired) electrons. The molecule has 1 aromatic carbocycles. The Morgan fingerprint density at radius 3 is 2.60 bits per heavy atom. The Bertz CT molecular complexity index is 462. The first-order valence-corrected chi connectivity index (χ1v) is 6.30. The van der Waals surface area contributed by atoms with Gasteiger partial charge < -0.3 is 9.90 Å². The molecule has 0 aliphatic rings. The van der Waals surface area contributed by atoms with E-state index in [2.05, 4.69) is 0 Å². The van der Waals surface area contributed by atoms with Crippen LogP contribution in [0.15, 0.2) is 23.1 Å². The summed E-state index contributed by atoms with van der Waals surface area (Å²) in [4.78, 5) is 10.3. The average Bonchev–Trinajstić information content (AvgIpc) is 2.14. The van der Waals surface area contributed by atoms with E-state index in [0.717, 1.165) is 6.26 Å². The van der Waals surface area contributed by atoms with Crippen LogP contribution in [-0.4, -0.2) is 26.1 Å². The lowest BCUT2D eigenvalue weighted by molar-refractivity contribution is -0.107. The molecule has 0 aromatic heterocycles. The molecule has 0 bridgehead atoms. The van der Waals surface area contributed by atoms with E-state index < -0.39 is 9.84 Å². The molecule has 0 amide bonds. The number of hydrogen-bond acceptors (Lipinski definition) is 4. The van der Waals surface area contributed by atoms with Crippen LogP contribution in [0.4, 0.5) is 0 Å². The van der Waals surface area contributed by atoms with Crippen LogP contribution in [0.2, 0.25) is 0 Å². The van der Waals surface area contributed by atoms with Gasteiger partial charge in [-0.1, -0.05) is 6.07 Å². The Balaban J connectivity index is 3.26. The number of aldehydes is 1. The molecule has 1 aromatic rings. The fraction of sp³-hybridized carbons (Fsp3) is 0.300. The number of phenolic OH excluding ortho intramolecular Hbond substituents is 1. The van der Waals surface area contributed by atoms with Crippen molar-refractivity contribution in [3.05, 3.63) is 23.8 Å². The minimum Gasteiger partial charge on any atom is -0.508 e. The van der Waals surface area contributed by atoms with Crippen LogP contribution in [0.3, 0.4) is 0 Å². The molecule has 0 saturated carbocycles. The van der Waals surface area contributed by atoms with Gasteiger partial charge in [-0.15, -0.1) is 0 Å². The molecule has 1 N–H and O–H groups in total. The lowest BCUT2D eigenvalue weighted by atomic mass is 10.1. The van der Waals surface area contributed by atoms with Gasteiger partial charge in [-0.05, 0) is 18.6 Å². The molecule has 0 aliphatic carbocycles. The highest BCUT2D eigenvalue weighted by molar-refractivity contribution is 7.90. The largest absolute Gasteiger partial charge is 0.508 e. The van der Waals surface area contributed by atoms with Gasteiger partial charge in [0, 0.05) is 18.2 Å². The van der Waals surface area contributed by atoms with Crippen LogP contribution in [0.25, 0.3) is 0 Å². The minimum atomic E-state index is -3.36. The van der Waals surface area contributed by atoms with Gasteiger partial charge in [-0.3, -0.25) is 0 Å². The van der Waals surface area contributed by atoms with Gasteiger partial charge in [0.2, 0.25) is 0 Å². The predicted molar refractivity (Wildman–Crippen MR) is 55.6 cm³/mol. The Morgan fingerprint density at radius 1 is 1.40 bits per heavy atom. The lowest BCUT2D eigenvalue weighted by Gasteiger charge is -2.08. The van der Waals surface area contributed by atoms with E-state index in [9.17, 15) is 18.3 Å². The zero-order valence-corrected chi connectivity index (χ0v) is 9.12. The van der Waals surface area contributed by atoms with Crippen molar-refractivity contribution < 1.29 is 18.3 Å². The zero-order valence-electron chi connectivity index (χ0n) is 8.30. The first kappa shape index (κ1) is 11.7. The summed E-state index contributed by atoms with van der Waals surface area (Å²) in [6, 6.07) is 4.31. The smallest absolute Gasteiger partial charge is 0.175 e. The minimum absolute atomic E-state index is 0.0835. The second-order valence-corrected chi connectivity index (χ2v) is 5.22. The first-order chi connectivity index (χ1) is 6.96. The van der Waals surface area contributed by atoms with Gasteiger partial charge in [0.25, 0.3) is 0 Å². The van der Waals surface area contributed by atoms with Crippen molar-refractivity contribution in [1.82, 2.24) is 0 Å². The summed E-state index contributed by atoms with van der Waals surface area (Å²) in [5, 5.41) is 9.50. The predicted octanol–water partition coefficient (Wildman–Crippen LogP) is 0.927. The van der Waals surface area contributed by atoms with E-state index in [1.54, 1.807) is 0 Å². The molecule has 0 unspecified atom stereocenters. The van der Waals surface area contributed by atoms with Crippen molar-refractivity contribution in [3.63, 3.8) is 0 Å². The molecule has 0 aliphatic heterocycles. The topological polar surface area (TPSA) is 71.4 Å². The van der Waals surface area contributed by atoms with E-state index in [0.29, 0.717) is 11.8 Å². The summed E-state index contributed by atoms with van der Waals surface area (Å²) in [6.45, 7) is 0. The molecule has 0 spiro atoms. The van der Waals surface area contributed by atoms with Gasteiger partial charge >= 0.3 is 0 Å². The van der Waals surface area contributed by atoms with Crippen molar-refractivity contribution in [2.24, 2.45) is 0 Å². The normalized spacial score (nSPS) is 11.3. The van der Waals surface area contributed by atoms with E-state index in [1.165, 1.54) is 18.2 Å². The third-order valence-corrected chi connectivity index (χ3v) is 3.20. The molecule has 0 fully saturated rings. The highest BCUT2D eigenvalue weighted by atomic mass is 32.2. The quantitative estimate of drug-likeness (QED) is 0.778. The highest BCUT2D eigenvalue weighted by Crippen LogP contribution is 2.25. The maximum Gasteiger partial charge on any atom is 0.175 e. The summed E-state index contributed by atoms with van der Waals surface area (Å²) >= 11 is 0. The number of aromatic hydroxyl groups is 1. The van der Waals surface area contributed by atoms with Crippen molar-refractivity contribution in [3.8, 4) is 5.75 Å². The number of phenols is 1. The Hall–Kier alpha value is -1.36. The van der Waals surface area contributed by atoms with Gasteiger partial charge in [-0.25, -0.2) is 8.42 Å². The van der Waals surface area contributed by atoms with Crippen LogP contribution in [0.1, 0.15) is 12.0 Å². The summed E-state index contributed by atoms with van der Waals surface area (Å²) in [5.74, 6) is -0.0835. The van der Waals surface area contributed by atoms with Gasteiger partial charge in [0.1, 0.15) is 12.0 Å². The third-order valence-electron chi connectivity index (χ3n) is 2.02. The molecule has 0 heterocycles. The Morgan fingerprint density at radius 2 is 2.07 bits per heavy atom. The maximum absolute atomic E-state index is 11.4. The third kappa shape index (κ3) is 2.79. The maximum atomic E-state index is 11.4. The van der Waals surface area contributed by atoms with Crippen LogP contribution in [0.5, 0.6) is 5.75 Å². The number of hydrogen-bond donors (Lipinski definition) is 1. The van der Waals surface area contributed by atoms with Crippen molar-refractivity contribution >= 4 is 16.1 Å². The van der Waals surface area contributed by atoms with Crippen LogP contribution < -0.4 is 0 Å². The monoisotopic (exact) mass is 228 g/mol. The molecule has 5 heteroatoms. The molecule has 1 rings (SSSR count). The van der Waals surface area contributed by atoms with Crippen molar-refractivity contribution in [2.75, 3.05) is 6.26 Å². The zero-order chi connectivity index (χ0) is 11.5. The van der Waals surface area contributed by atoms with Crippen LogP contribution in [-0.2, 0) is 21.1 Å². The second kappa shape index (κ2) is 4.44. The summed E-state index contributed by atoms with van der Waals surface area (Å²) < 4.78 is 22.7. The van der Waals surface area contributed by atoms with E-state index in [-0.39, 0.29) is 23.5 Å². The van der Waals surface area contributed by atoms with E-state index in [1.807, 2.05) is 0 Å². The standard InChI is InChI=1S/C10H12O4S/c1-15(13,14)10-6-2-5-9(12)8(10)4-3-7-11/h2,5-7,12H,3-4H2,1H3. The van der Waals surface area contributed by atoms with E-state index >= 15 is 0 Å².